The summed E-state index contributed by atoms with van der Waals surface area (Å²) < 4.78 is 26.2. The monoisotopic (exact) mass is 374 g/mol. The molecule has 0 radical (unpaired) electrons. The Bertz CT molecular complexity index is 786. The molecule has 2 rings (SSSR count). The van der Waals surface area contributed by atoms with Gasteiger partial charge in [0, 0.05) is 0 Å². The maximum atomic E-state index is 12.1. The van der Waals surface area contributed by atoms with Crippen molar-refractivity contribution in [3.63, 3.8) is 0 Å². The lowest BCUT2D eigenvalue weighted by Crippen LogP contribution is -2.18. The van der Waals surface area contributed by atoms with E-state index in [2.05, 4.69) is 4.74 Å². The van der Waals surface area contributed by atoms with Gasteiger partial charge in [0.15, 0.2) is 29.6 Å². The maximum absolute atomic E-state index is 12.1. The van der Waals surface area contributed by atoms with E-state index >= 15 is 0 Å². The van der Waals surface area contributed by atoms with E-state index in [4.69, 9.17) is 18.9 Å². The summed E-state index contributed by atoms with van der Waals surface area (Å²) in [5, 5.41) is 0. The molecule has 0 aliphatic carbocycles. The van der Waals surface area contributed by atoms with Crippen LogP contribution in [-0.4, -0.2) is 39.4 Å². The molecule has 0 saturated carbocycles. The minimum Gasteiger partial charge on any atom is -0.493 e. The van der Waals surface area contributed by atoms with Crippen molar-refractivity contribution in [3.05, 3.63) is 48.0 Å². The van der Waals surface area contributed by atoms with Crippen molar-refractivity contribution in [2.75, 3.05) is 27.4 Å². The minimum absolute atomic E-state index is 0.175. The highest BCUT2D eigenvalue weighted by atomic mass is 16.6. The van der Waals surface area contributed by atoms with Crippen LogP contribution in [0.25, 0.3) is 0 Å². The third-order valence-electron chi connectivity index (χ3n) is 3.46. The van der Waals surface area contributed by atoms with Gasteiger partial charge in [-0.05, 0) is 36.8 Å². The number of hydrogen-bond acceptors (Lipinski definition) is 7. The van der Waals surface area contributed by atoms with E-state index in [1.54, 1.807) is 18.2 Å². The number of para-hydroxylation sites is 2. The highest BCUT2D eigenvalue weighted by molar-refractivity contribution is 5.90. The Morgan fingerprint density at radius 3 is 2.22 bits per heavy atom. The summed E-state index contributed by atoms with van der Waals surface area (Å²) in [6, 6.07) is 11.5. The number of ether oxygens (including phenoxy) is 5. The molecule has 7 nitrogen and oxygen atoms in total. The van der Waals surface area contributed by atoms with Crippen molar-refractivity contribution >= 4 is 11.9 Å². The molecule has 2 aromatic rings. The fourth-order valence-electron chi connectivity index (χ4n) is 2.19. The molecule has 144 valence electrons. The Morgan fingerprint density at radius 1 is 0.889 bits per heavy atom. The van der Waals surface area contributed by atoms with Crippen molar-refractivity contribution in [1.82, 2.24) is 0 Å². The van der Waals surface area contributed by atoms with Crippen LogP contribution in [-0.2, 0) is 9.53 Å². The van der Waals surface area contributed by atoms with Crippen LogP contribution in [0.2, 0.25) is 0 Å². The molecule has 2 aromatic carbocycles. The van der Waals surface area contributed by atoms with Gasteiger partial charge in [-0.15, -0.1) is 0 Å². The van der Waals surface area contributed by atoms with Crippen LogP contribution in [0.5, 0.6) is 23.0 Å². The molecular weight excluding hydrogens is 352 g/mol. The number of benzene rings is 2. The van der Waals surface area contributed by atoms with Gasteiger partial charge in [-0.25, -0.2) is 9.59 Å². The lowest BCUT2D eigenvalue weighted by atomic mass is 10.2. The lowest BCUT2D eigenvalue weighted by Gasteiger charge is -2.13. The fraction of sp³-hybridized carbons (Fsp3) is 0.300. The van der Waals surface area contributed by atoms with Crippen molar-refractivity contribution in [3.8, 4) is 23.0 Å². The molecule has 0 aliphatic heterocycles. The Labute approximate surface area is 157 Å². The van der Waals surface area contributed by atoms with Crippen molar-refractivity contribution in [2.45, 2.75) is 13.3 Å². The van der Waals surface area contributed by atoms with Crippen molar-refractivity contribution in [1.29, 1.82) is 0 Å². The van der Waals surface area contributed by atoms with Crippen LogP contribution in [0.1, 0.15) is 23.7 Å². The molecule has 0 aliphatic rings. The summed E-state index contributed by atoms with van der Waals surface area (Å²) in [7, 11) is 2.69. The first-order valence-electron chi connectivity index (χ1n) is 8.40. The average molecular weight is 374 g/mol. The third-order valence-corrected chi connectivity index (χ3v) is 3.46. The first-order valence-corrected chi connectivity index (χ1v) is 8.40. The molecule has 0 aromatic heterocycles. The van der Waals surface area contributed by atoms with Crippen LogP contribution in [0.4, 0.5) is 0 Å². The summed E-state index contributed by atoms with van der Waals surface area (Å²) in [5.41, 5.74) is 0.285. The second-order valence-corrected chi connectivity index (χ2v) is 5.42. The molecule has 0 spiro atoms. The van der Waals surface area contributed by atoms with E-state index in [1.807, 2.05) is 13.0 Å². The topological polar surface area (TPSA) is 80.3 Å². The molecule has 0 bridgehead atoms. The molecule has 0 saturated heterocycles. The number of carbonyl (C=O) groups is 2. The third kappa shape index (κ3) is 5.64. The van der Waals surface area contributed by atoms with Gasteiger partial charge in [-0.2, -0.15) is 0 Å². The second-order valence-electron chi connectivity index (χ2n) is 5.42. The predicted molar refractivity (Wildman–Crippen MR) is 97.7 cm³/mol. The largest absolute Gasteiger partial charge is 0.493 e. The quantitative estimate of drug-likeness (QED) is 0.492. The zero-order valence-corrected chi connectivity index (χ0v) is 15.5. The highest BCUT2D eigenvalue weighted by Gasteiger charge is 2.15. The first kappa shape index (κ1) is 20.1. The number of hydrogen-bond donors (Lipinski definition) is 0. The Kier molecular flexibility index (Phi) is 7.49. The average Bonchev–Trinajstić information content (AvgIpc) is 2.70. The SMILES string of the molecule is CCCOc1ccccc1OCC(=O)Oc1ccc(C(=O)OC)cc1OC. The molecule has 7 heteroatoms. The van der Waals surface area contributed by atoms with Gasteiger partial charge in [-0.3, -0.25) is 0 Å². The molecule has 0 N–H and O–H groups in total. The molecule has 0 unspecified atom stereocenters. The summed E-state index contributed by atoms with van der Waals surface area (Å²) in [6.45, 7) is 2.24. The maximum Gasteiger partial charge on any atom is 0.349 e. The molecule has 27 heavy (non-hydrogen) atoms. The predicted octanol–water partition coefficient (Wildman–Crippen LogP) is 3.26. The van der Waals surface area contributed by atoms with E-state index in [0.29, 0.717) is 18.1 Å². The normalized spacial score (nSPS) is 10.0. The molecule has 0 fully saturated rings. The van der Waals surface area contributed by atoms with Gasteiger partial charge in [0.2, 0.25) is 0 Å². The van der Waals surface area contributed by atoms with Gasteiger partial charge in [0.1, 0.15) is 0 Å². The van der Waals surface area contributed by atoms with Gasteiger partial charge >= 0.3 is 11.9 Å². The minimum atomic E-state index is -0.621. The van der Waals surface area contributed by atoms with Gasteiger partial charge in [0.05, 0.1) is 26.4 Å². The zero-order valence-electron chi connectivity index (χ0n) is 15.5. The number of carbonyl (C=O) groups excluding carboxylic acids is 2. The van der Waals surface area contributed by atoms with Crippen molar-refractivity contribution in [2.24, 2.45) is 0 Å². The summed E-state index contributed by atoms with van der Waals surface area (Å²) in [6.07, 6.45) is 0.859. The van der Waals surface area contributed by atoms with Gasteiger partial charge in [0.25, 0.3) is 0 Å². The van der Waals surface area contributed by atoms with E-state index in [1.165, 1.54) is 32.4 Å². The fourth-order valence-corrected chi connectivity index (χ4v) is 2.19. The van der Waals surface area contributed by atoms with Crippen LogP contribution >= 0.6 is 0 Å². The van der Waals surface area contributed by atoms with Gasteiger partial charge < -0.3 is 23.7 Å². The standard InChI is InChI=1S/C20H22O7/c1-4-11-25-15-7-5-6-8-16(15)26-13-19(21)27-17-10-9-14(20(22)24-3)12-18(17)23-2/h5-10,12H,4,11,13H2,1-3H3. The zero-order chi connectivity index (χ0) is 19.6. The van der Waals surface area contributed by atoms with E-state index in [9.17, 15) is 9.59 Å². The first-order chi connectivity index (χ1) is 13.1. The summed E-state index contributed by atoms with van der Waals surface area (Å²) >= 11 is 0. The van der Waals surface area contributed by atoms with E-state index in [-0.39, 0.29) is 23.7 Å². The molecule has 0 atom stereocenters. The highest BCUT2D eigenvalue weighted by Crippen LogP contribution is 2.29. The Balaban J connectivity index is 2.01. The van der Waals surface area contributed by atoms with Gasteiger partial charge in [-0.1, -0.05) is 19.1 Å². The van der Waals surface area contributed by atoms with Crippen LogP contribution in [0.15, 0.2) is 42.5 Å². The van der Waals surface area contributed by atoms with Crippen LogP contribution < -0.4 is 18.9 Å². The Hall–Kier alpha value is -3.22. The van der Waals surface area contributed by atoms with Crippen molar-refractivity contribution < 1.29 is 33.3 Å². The van der Waals surface area contributed by atoms with E-state index < -0.39 is 11.9 Å². The number of methoxy groups -OCH3 is 2. The molecule has 0 amide bonds. The van der Waals surface area contributed by atoms with Crippen LogP contribution in [0, 0.1) is 0 Å². The van der Waals surface area contributed by atoms with Crippen LogP contribution in [0.3, 0.4) is 0 Å². The molecule has 0 heterocycles. The summed E-state index contributed by atoms with van der Waals surface area (Å²) in [5.74, 6) is 0.290. The number of esters is 2. The lowest BCUT2D eigenvalue weighted by molar-refractivity contribution is -0.136. The smallest absolute Gasteiger partial charge is 0.349 e. The van der Waals surface area contributed by atoms with E-state index in [0.717, 1.165) is 6.42 Å². The summed E-state index contributed by atoms with van der Waals surface area (Å²) in [4.78, 5) is 23.7. The molecular formula is C20H22O7. The number of rotatable bonds is 9. The second kappa shape index (κ2) is 10.1. The Morgan fingerprint density at radius 2 is 1.59 bits per heavy atom.